The highest BCUT2D eigenvalue weighted by molar-refractivity contribution is 6.09. The first-order chi connectivity index (χ1) is 14.3. The van der Waals surface area contributed by atoms with Crippen molar-refractivity contribution in [2.24, 2.45) is 0 Å². The van der Waals surface area contributed by atoms with Crippen molar-refractivity contribution in [1.29, 1.82) is 0 Å². The van der Waals surface area contributed by atoms with E-state index in [4.69, 9.17) is 9.40 Å². The molecule has 0 atom stereocenters. The fraction of sp³-hybridized carbons (Fsp3) is 0.0769. The second kappa shape index (κ2) is 6.14. The molecule has 3 nitrogen and oxygen atoms in total. The molecule has 5 aromatic rings. The molecule has 29 heavy (non-hydrogen) atoms. The highest BCUT2D eigenvalue weighted by atomic mass is 16.4. The summed E-state index contributed by atoms with van der Waals surface area (Å²) in [7, 11) is 0. The molecule has 2 heterocycles. The summed E-state index contributed by atoms with van der Waals surface area (Å²) in [4.78, 5) is 18.2. The summed E-state index contributed by atoms with van der Waals surface area (Å²) in [6, 6.07) is 26.2. The molecule has 0 fully saturated rings. The van der Waals surface area contributed by atoms with Gasteiger partial charge in [0.2, 0.25) is 0 Å². The predicted molar refractivity (Wildman–Crippen MR) is 116 cm³/mol. The normalized spacial score (nSPS) is 12.7. The minimum Gasteiger partial charge on any atom is -0.422 e. The van der Waals surface area contributed by atoms with Gasteiger partial charge in [-0.05, 0) is 41.7 Å². The van der Waals surface area contributed by atoms with Crippen molar-refractivity contribution in [3.63, 3.8) is 0 Å². The van der Waals surface area contributed by atoms with E-state index in [0.29, 0.717) is 16.5 Å². The van der Waals surface area contributed by atoms with Crippen LogP contribution in [-0.2, 0) is 12.8 Å². The van der Waals surface area contributed by atoms with Crippen molar-refractivity contribution in [3.8, 4) is 22.4 Å². The minimum absolute atomic E-state index is 0.327. The largest absolute Gasteiger partial charge is 0.422 e. The number of nitrogens with zero attached hydrogens (tertiary/aromatic N) is 1. The van der Waals surface area contributed by atoms with Crippen LogP contribution in [0.5, 0.6) is 0 Å². The van der Waals surface area contributed by atoms with Gasteiger partial charge in [0.1, 0.15) is 5.58 Å². The van der Waals surface area contributed by atoms with Crippen LogP contribution in [0, 0.1) is 0 Å². The average Bonchev–Trinajstić information content (AvgIpc) is 2.78. The van der Waals surface area contributed by atoms with Crippen molar-refractivity contribution < 1.29 is 4.42 Å². The van der Waals surface area contributed by atoms with Crippen LogP contribution in [0.4, 0.5) is 0 Å². The molecular weight excluding hydrogens is 358 g/mol. The average molecular weight is 375 g/mol. The molecule has 6 rings (SSSR count). The maximum Gasteiger partial charge on any atom is 0.346 e. The van der Waals surface area contributed by atoms with E-state index in [-0.39, 0.29) is 5.63 Å². The predicted octanol–water partition coefficient (Wildman–Crippen LogP) is 5.77. The van der Waals surface area contributed by atoms with Crippen molar-refractivity contribution in [3.05, 3.63) is 100 Å². The van der Waals surface area contributed by atoms with Crippen LogP contribution in [0.15, 0.2) is 88.1 Å². The van der Waals surface area contributed by atoms with Crippen LogP contribution in [0.3, 0.4) is 0 Å². The Balaban J connectivity index is 1.87. The molecule has 0 spiro atoms. The highest BCUT2D eigenvalue weighted by Crippen LogP contribution is 2.41. The summed E-state index contributed by atoms with van der Waals surface area (Å²) in [5.41, 5.74) is 7.51. The van der Waals surface area contributed by atoms with Gasteiger partial charge in [-0.2, -0.15) is 0 Å². The zero-order valence-electron chi connectivity index (χ0n) is 15.7. The first-order valence-corrected chi connectivity index (χ1v) is 9.83. The van der Waals surface area contributed by atoms with Crippen LogP contribution in [0.25, 0.3) is 44.3 Å². The summed E-state index contributed by atoms with van der Waals surface area (Å²) in [6.07, 6.45) is 1.79. The van der Waals surface area contributed by atoms with E-state index >= 15 is 0 Å². The van der Waals surface area contributed by atoms with E-state index in [0.717, 1.165) is 46.2 Å². The molecule has 0 radical (unpaired) electrons. The zero-order chi connectivity index (χ0) is 19.4. The van der Waals surface area contributed by atoms with E-state index in [2.05, 4.69) is 36.4 Å². The molecule has 0 N–H and O–H groups in total. The van der Waals surface area contributed by atoms with Crippen LogP contribution in [0.1, 0.15) is 11.1 Å². The highest BCUT2D eigenvalue weighted by Gasteiger charge is 2.25. The number of pyridine rings is 1. The Kier molecular flexibility index (Phi) is 3.44. The van der Waals surface area contributed by atoms with Crippen LogP contribution < -0.4 is 5.63 Å². The van der Waals surface area contributed by atoms with Gasteiger partial charge in [0.25, 0.3) is 0 Å². The molecule has 3 heteroatoms. The van der Waals surface area contributed by atoms with Crippen molar-refractivity contribution >= 4 is 21.9 Å². The molecule has 0 amide bonds. The molecule has 138 valence electrons. The van der Waals surface area contributed by atoms with Crippen molar-refractivity contribution in [1.82, 2.24) is 4.98 Å². The van der Waals surface area contributed by atoms with E-state index in [1.807, 2.05) is 42.5 Å². The molecular formula is C26H17NO2. The lowest BCUT2D eigenvalue weighted by Gasteiger charge is -2.23. The molecule has 0 saturated heterocycles. The molecule has 3 aromatic carbocycles. The van der Waals surface area contributed by atoms with Gasteiger partial charge in [-0.3, -0.25) is 0 Å². The number of benzene rings is 3. The molecule has 2 aromatic heterocycles. The monoisotopic (exact) mass is 375 g/mol. The first kappa shape index (κ1) is 16.3. The Morgan fingerprint density at radius 3 is 2.45 bits per heavy atom. The van der Waals surface area contributed by atoms with Crippen LogP contribution in [-0.4, -0.2) is 4.98 Å². The van der Waals surface area contributed by atoms with Gasteiger partial charge in [-0.25, -0.2) is 9.78 Å². The fourth-order valence-electron chi connectivity index (χ4n) is 4.54. The smallest absolute Gasteiger partial charge is 0.346 e. The number of aryl methyl sites for hydroxylation is 1. The Morgan fingerprint density at radius 2 is 1.55 bits per heavy atom. The number of rotatable bonds is 1. The lowest BCUT2D eigenvalue weighted by atomic mass is 9.83. The number of fused-ring (bicyclic) bond motifs is 6. The molecule has 0 saturated carbocycles. The Morgan fingerprint density at radius 1 is 0.793 bits per heavy atom. The van der Waals surface area contributed by atoms with Crippen LogP contribution >= 0.6 is 0 Å². The summed E-state index contributed by atoms with van der Waals surface area (Å²) in [5.74, 6) is 0. The molecule has 1 aliphatic carbocycles. The summed E-state index contributed by atoms with van der Waals surface area (Å²) in [5, 5.41) is 1.44. The number of hydrogen-bond donors (Lipinski definition) is 0. The van der Waals surface area contributed by atoms with Gasteiger partial charge >= 0.3 is 5.63 Å². The standard InChI is InChI=1S/C26H17NO2/c28-26-23-22(17-9-2-1-3-10-17)20-15-14-16-8-4-5-11-18(16)24(20)27-25(23)19-12-6-7-13-21(19)29-26/h1-13H,14-15H2. The van der Waals surface area contributed by atoms with E-state index < -0.39 is 0 Å². The zero-order valence-corrected chi connectivity index (χ0v) is 15.7. The fourth-order valence-corrected chi connectivity index (χ4v) is 4.54. The summed E-state index contributed by atoms with van der Waals surface area (Å²) >= 11 is 0. The van der Waals surface area contributed by atoms with Gasteiger partial charge in [0.15, 0.2) is 0 Å². The maximum absolute atomic E-state index is 13.1. The van der Waals surface area contributed by atoms with Gasteiger partial charge in [-0.15, -0.1) is 0 Å². The molecule has 1 aliphatic rings. The second-order valence-corrected chi connectivity index (χ2v) is 7.45. The van der Waals surface area contributed by atoms with Crippen molar-refractivity contribution in [2.45, 2.75) is 12.8 Å². The first-order valence-electron chi connectivity index (χ1n) is 9.83. The third-order valence-electron chi connectivity index (χ3n) is 5.83. The van der Waals surface area contributed by atoms with E-state index in [1.54, 1.807) is 0 Å². The molecule has 0 aliphatic heterocycles. The summed E-state index contributed by atoms with van der Waals surface area (Å²) < 4.78 is 5.70. The van der Waals surface area contributed by atoms with Crippen LogP contribution in [0.2, 0.25) is 0 Å². The van der Waals surface area contributed by atoms with E-state index in [1.165, 1.54) is 5.56 Å². The second-order valence-electron chi connectivity index (χ2n) is 7.45. The number of hydrogen-bond acceptors (Lipinski definition) is 3. The molecule has 0 bridgehead atoms. The maximum atomic E-state index is 13.1. The number of para-hydroxylation sites is 1. The Bertz CT molecular complexity index is 1470. The third kappa shape index (κ3) is 2.37. The Hall–Kier alpha value is -3.72. The van der Waals surface area contributed by atoms with Gasteiger partial charge in [0, 0.05) is 16.5 Å². The van der Waals surface area contributed by atoms with Gasteiger partial charge in [0.05, 0.1) is 16.6 Å². The summed E-state index contributed by atoms with van der Waals surface area (Å²) in [6.45, 7) is 0. The lowest BCUT2D eigenvalue weighted by molar-refractivity contribution is 0.569. The minimum atomic E-state index is -0.327. The van der Waals surface area contributed by atoms with Gasteiger partial charge < -0.3 is 4.42 Å². The quantitative estimate of drug-likeness (QED) is 0.276. The topological polar surface area (TPSA) is 43.1 Å². The van der Waals surface area contributed by atoms with E-state index in [9.17, 15) is 4.79 Å². The van der Waals surface area contributed by atoms with Crippen molar-refractivity contribution in [2.75, 3.05) is 0 Å². The number of aromatic nitrogens is 1. The van der Waals surface area contributed by atoms with Gasteiger partial charge in [-0.1, -0.05) is 66.7 Å². The lowest BCUT2D eigenvalue weighted by Crippen LogP contribution is -2.12. The Labute approximate surface area is 167 Å². The molecule has 0 unspecified atom stereocenters. The third-order valence-corrected chi connectivity index (χ3v) is 5.83. The SMILES string of the molecule is O=c1oc2ccccc2c2nc3c(c(-c4ccccc4)c12)CCc1ccccc1-3.